The molecule has 0 bridgehead atoms. The van der Waals surface area contributed by atoms with Gasteiger partial charge in [-0.2, -0.15) is 0 Å². The van der Waals surface area contributed by atoms with Crippen LogP contribution in [0.25, 0.3) is 34.4 Å². The van der Waals surface area contributed by atoms with Crippen LogP contribution in [0.15, 0.2) is 71.8 Å². The number of benzene rings is 4. The molecule has 0 fully saturated rings. The topological polar surface area (TPSA) is 0 Å². The van der Waals surface area contributed by atoms with Gasteiger partial charge in [0.2, 0.25) is 0 Å². The summed E-state index contributed by atoms with van der Waals surface area (Å²) < 4.78 is 0.0418. The molecule has 4 heteroatoms. The Morgan fingerprint density at radius 1 is 0.485 bits per heavy atom. The first-order valence-electron chi connectivity index (χ1n) is 25.8. The molecule has 4 atom stereocenters. The van der Waals surface area contributed by atoms with E-state index in [-0.39, 0.29) is 28.9 Å². The van der Waals surface area contributed by atoms with Crippen molar-refractivity contribution in [3.8, 4) is 22.3 Å². The van der Waals surface area contributed by atoms with Gasteiger partial charge in [0.15, 0.2) is 0 Å². The zero-order valence-corrected chi connectivity index (χ0v) is 50.8. The first-order chi connectivity index (χ1) is 30.2. The van der Waals surface area contributed by atoms with Crippen LogP contribution in [0.2, 0.25) is 13.1 Å². The van der Waals surface area contributed by atoms with E-state index in [2.05, 4.69) is 224 Å². The molecule has 0 spiro atoms. The summed E-state index contributed by atoms with van der Waals surface area (Å²) in [6.07, 6.45) is 7.36. The fourth-order valence-corrected chi connectivity index (χ4v) is 42.5. The third kappa shape index (κ3) is 9.49. The molecule has 0 radical (unpaired) electrons. The quantitative estimate of drug-likeness (QED) is 0.131. The van der Waals surface area contributed by atoms with Crippen LogP contribution >= 0.6 is 17.0 Å². The Balaban J connectivity index is 1.75. The van der Waals surface area contributed by atoms with Crippen molar-refractivity contribution in [1.29, 1.82) is 0 Å². The fraction of sp³-hybridized carbons (Fsp3) is 0.548. The fourth-order valence-electron chi connectivity index (χ4n) is 11.3. The zero-order valence-electron chi connectivity index (χ0n) is 45.6. The van der Waals surface area contributed by atoms with E-state index in [4.69, 9.17) is 0 Å². The summed E-state index contributed by atoms with van der Waals surface area (Å²) in [6, 6.07) is 24.9. The molecule has 4 unspecified atom stereocenters. The molecule has 4 aromatic carbocycles. The Morgan fingerprint density at radius 2 is 0.773 bits per heavy atom. The molecule has 2 aliphatic rings. The second-order valence-corrected chi connectivity index (χ2v) is 68.6. The number of hydrogen-bond donors (Lipinski definition) is 0. The van der Waals surface area contributed by atoms with E-state index in [1.54, 1.807) is 0 Å². The minimum atomic E-state index is -5.22. The minimum absolute atomic E-state index is 0.00260. The van der Waals surface area contributed by atoms with Crippen molar-refractivity contribution < 1.29 is 15.6 Å². The first kappa shape index (κ1) is 53.4. The van der Waals surface area contributed by atoms with Gasteiger partial charge in [0.25, 0.3) is 0 Å². The standard InChI is InChI=1S/2C30H41.C2H7Si.2ClH.Zr/c2*1-11-20(4)22-14-21-12-13-26(19(2)3)28(27(21)17-22)23-15-24(29(5,6)7)18-25(16-23)30(8,9)10;1-3-2;;;/h2*12-20H,11H2,1-10H3;3H,1-2H3;2*1H;/q;;;;;+2/p-2. The number of rotatable bonds is 11. The molecule has 0 aliphatic heterocycles. The molecule has 0 nitrogen and oxygen atoms in total. The van der Waals surface area contributed by atoms with Crippen LogP contribution in [0, 0.1) is 11.8 Å². The summed E-state index contributed by atoms with van der Waals surface area (Å²) in [7, 11) is 18.6. The molecule has 0 saturated heterocycles. The molecule has 2 aliphatic carbocycles. The van der Waals surface area contributed by atoms with Crippen molar-refractivity contribution in [2.24, 2.45) is 11.8 Å². The van der Waals surface area contributed by atoms with E-state index >= 15 is 0 Å². The molecular weight excluding hydrogens is 935 g/mol. The van der Waals surface area contributed by atoms with Crippen molar-refractivity contribution in [2.45, 2.75) is 205 Å². The molecule has 0 heterocycles. The van der Waals surface area contributed by atoms with E-state index in [1.807, 2.05) is 0 Å². The monoisotopic (exact) mass is 1020 g/mol. The third-order valence-electron chi connectivity index (χ3n) is 16.3. The van der Waals surface area contributed by atoms with Crippen molar-refractivity contribution in [1.82, 2.24) is 0 Å². The van der Waals surface area contributed by atoms with E-state index in [1.165, 1.54) is 89.0 Å². The molecule has 0 saturated carbocycles. The van der Waals surface area contributed by atoms with Gasteiger partial charge in [-0.15, -0.1) is 0 Å². The summed E-state index contributed by atoms with van der Waals surface area (Å²) in [5.74, 6) is -0.450. The Labute approximate surface area is 414 Å². The van der Waals surface area contributed by atoms with Crippen molar-refractivity contribution in [3.05, 3.63) is 127 Å². The van der Waals surface area contributed by atoms with Crippen molar-refractivity contribution in [3.63, 3.8) is 0 Å². The molecule has 0 N–H and O–H groups in total. The van der Waals surface area contributed by atoms with Gasteiger partial charge in [0, 0.05) is 0 Å². The Morgan fingerprint density at radius 3 is 1.00 bits per heavy atom. The summed E-state index contributed by atoms with van der Waals surface area (Å²) in [5, 5.41) is 0. The van der Waals surface area contributed by atoms with Crippen LogP contribution in [-0.4, -0.2) is 5.92 Å². The zero-order chi connectivity index (χ0) is 49.6. The van der Waals surface area contributed by atoms with Crippen molar-refractivity contribution >= 4 is 35.1 Å². The van der Waals surface area contributed by atoms with Gasteiger partial charge in [-0.25, -0.2) is 0 Å². The first-order valence-corrected chi connectivity index (χ1v) is 42.2. The molecule has 4 aromatic rings. The van der Waals surface area contributed by atoms with Gasteiger partial charge < -0.3 is 0 Å². The SMILES string of the molecule is CCC(C)C1=Cc2c(ccc(C(C)C)c2-c2cc(C(C)(C)C)cc(C(C)(C)C)c2)[CH]1[Zr]([Cl])([Cl])([CH]1C(C(C)CC)=Cc2c1ccc(C(C)C)c2-c1cc(C(C)(C)C)cc(C(C)(C)C)c1)[SiH](C)C. The van der Waals surface area contributed by atoms with Gasteiger partial charge in [-0.3, -0.25) is 0 Å². The summed E-state index contributed by atoms with van der Waals surface area (Å²) in [4.78, 5) is 0. The number of halogens is 2. The maximum absolute atomic E-state index is 9.29. The van der Waals surface area contributed by atoms with E-state index in [0.29, 0.717) is 23.7 Å². The average molecular weight is 1020 g/mol. The molecule has 0 amide bonds. The van der Waals surface area contributed by atoms with Gasteiger partial charge in [-0.1, -0.05) is 0 Å². The van der Waals surface area contributed by atoms with Gasteiger partial charge >= 0.3 is 417 Å². The van der Waals surface area contributed by atoms with Crippen LogP contribution < -0.4 is 0 Å². The second kappa shape index (κ2) is 18.3. The second-order valence-electron chi connectivity index (χ2n) is 26.1. The summed E-state index contributed by atoms with van der Waals surface area (Å²) in [6.45, 7) is 52.5. The van der Waals surface area contributed by atoms with Crippen molar-refractivity contribution in [2.75, 3.05) is 0 Å². The van der Waals surface area contributed by atoms with Gasteiger partial charge in [0.1, 0.15) is 0 Å². The van der Waals surface area contributed by atoms with E-state index < -0.39 is 21.5 Å². The average Bonchev–Trinajstić information content (AvgIpc) is 3.82. The predicted molar refractivity (Wildman–Crippen MR) is 298 cm³/mol. The van der Waals surface area contributed by atoms with E-state index in [9.17, 15) is 17.0 Å². The third-order valence-corrected chi connectivity index (χ3v) is 67.9. The maximum atomic E-state index is 9.29. The van der Waals surface area contributed by atoms with Crippen LogP contribution in [0.3, 0.4) is 0 Å². The molecule has 66 heavy (non-hydrogen) atoms. The summed E-state index contributed by atoms with van der Waals surface area (Å²) in [5.41, 5.74) is 22.3. The molecule has 6 rings (SSSR count). The Hall–Kier alpha value is -1.96. The van der Waals surface area contributed by atoms with Gasteiger partial charge in [0.05, 0.1) is 0 Å². The Kier molecular flexibility index (Phi) is 14.8. The van der Waals surface area contributed by atoms with Crippen LogP contribution in [0.5, 0.6) is 0 Å². The van der Waals surface area contributed by atoms with Crippen LogP contribution in [0.4, 0.5) is 0 Å². The van der Waals surface area contributed by atoms with Crippen LogP contribution in [-0.2, 0) is 37.2 Å². The number of hydrogen-bond acceptors (Lipinski definition) is 0. The number of fused-ring (bicyclic) bond motifs is 2. The number of allylic oxidation sites excluding steroid dienone is 2. The normalized spacial score (nSPS) is 18.6. The molecule has 359 valence electrons. The molecular formula is C62H89Cl2SiZr. The molecule has 0 aromatic heterocycles. The predicted octanol–water partition coefficient (Wildman–Crippen LogP) is 20.1. The van der Waals surface area contributed by atoms with Crippen LogP contribution in [0.1, 0.15) is 226 Å². The summed E-state index contributed by atoms with van der Waals surface area (Å²) >= 11 is -5.22. The van der Waals surface area contributed by atoms with E-state index in [0.717, 1.165) is 12.8 Å². The van der Waals surface area contributed by atoms with Gasteiger partial charge in [-0.05, 0) is 0 Å². The Bertz CT molecular complexity index is 2320.